The summed E-state index contributed by atoms with van der Waals surface area (Å²) in [7, 11) is 0. The van der Waals surface area contributed by atoms with Gasteiger partial charge in [-0.25, -0.2) is 14.4 Å². The standard InChI is InChI=1S/C47H58N4O6S.C29H27N3O6.C16H17NO4/c1-4-7-10-11-12-13-14-15-16-20-26-41(52)48-34-27-28-35-37(31-34)46(56)51(45(35)55)47(57)50(29-8-5-2)39-25-21-24-36-42(39)40(58-30-9-6-3)32-38(43(36)53)44(54)49-33-22-18-17-19-23-33;1-3-4-18-31(29(35)38-21-14-12-20(13-15-21)32(36)37)26-11-7-9-23-22(26)16-17-24(27(23)33)28(34)30-25-10-6-5-8-19(25)2;1-3-9-17(10(2)18)14-6-4-5-12-11(14)7-8-13(15(12)19)16(20)21/h17-19,21-25,27-28,31-32,53H,4-16,20,26,29-30H2,1-3H3,(H,48,52)(H,49,54);5-17,33H,3-4,18H2,1-2H3,(H,30,34);4-8,19H,3,9H2,1-2H3,(H,20,21). The number of benzene rings is 10. The van der Waals surface area contributed by atoms with Gasteiger partial charge in [0.15, 0.2) is 0 Å². The number of unbranched alkanes of at least 4 members (excludes halogenated alkanes) is 12. The van der Waals surface area contributed by atoms with Crippen LogP contribution in [0.1, 0.15) is 214 Å². The number of phenolic OH excluding ortho intramolecular Hbond substituents is 2. The highest BCUT2D eigenvalue weighted by atomic mass is 32.2. The Kier molecular flexibility index (Phi) is 32.6. The third-order valence-corrected chi connectivity index (χ3v) is 21.1. The van der Waals surface area contributed by atoms with Gasteiger partial charge in [-0.3, -0.25) is 48.7 Å². The summed E-state index contributed by atoms with van der Waals surface area (Å²) in [5, 5.41) is 64.3. The monoisotopic (exact) mass is 1610 g/mol. The molecule has 10 aromatic carbocycles. The number of phenols is 3. The molecule has 1 aliphatic rings. The maximum atomic E-state index is 14.6. The minimum absolute atomic E-state index is 0.0472. The summed E-state index contributed by atoms with van der Waals surface area (Å²) in [6.07, 6.45) is 16.8. The van der Waals surface area contributed by atoms with Crippen LogP contribution in [0.4, 0.5) is 49.4 Å². The number of nitro groups is 1. The SMILES string of the molecule is CCCCCCCCCCCCC(=O)Nc1ccc2c(c1)C(=O)N(C(=O)N(CCCC)c1cccc3c(O)c(C(=O)Nc4ccccc4)cc(SCCCC)c13)C2=O.CCCCN(C(=O)Oc1ccc([N+](=O)[O-])cc1)c1cccc2c(O)c(C(=O)Nc3ccccc3C)ccc12.CCCN(C(C)=O)c1cccc2c(O)c(C(=O)O)ccc12. The van der Waals surface area contributed by atoms with Gasteiger partial charge in [-0.1, -0.05) is 197 Å². The van der Waals surface area contributed by atoms with Crippen LogP contribution in [-0.4, -0.2) is 109 Å². The minimum Gasteiger partial charge on any atom is -0.506 e. The summed E-state index contributed by atoms with van der Waals surface area (Å²) >= 11 is 1.52. The van der Waals surface area contributed by atoms with Crippen molar-refractivity contribution in [1.82, 2.24) is 4.90 Å². The summed E-state index contributed by atoms with van der Waals surface area (Å²) in [4.78, 5) is 134. The molecule has 117 heavy (non-hydrogen) atoms. The number of para-hydroxylation sites is 2. The van der Waals surface area contributed by atoms with Gasteiger partial charge in [0, 0.05) is 99.4 Å². The lowest BCUT2D eigenvalue weighted by Gasteiger charge is -2.28. The van der Waals surface area contributed by atoms with E-state index in [2.05, 4.69) is 29.8 Å². The van der Waals surface area contributed by atoms with Crippen molar-refractivity contribution in [1.29, 1.82) is 0 Å². The number of hydrogen-bond acceptors (Lipinski definition) is 16. The number of aromatic carboxylic acids is 1. The molecule has 0 saturated carbocycles. The maximum Gasteiger partial charge on any atom is 0.419 e. The predicted octanol–water partition coefficient (Wildman–Crippen LogP) is 21.8. The topological polar surface area (TPSA) is 336 Å². The van der Waals surface area contributed by atoms with Gasteiger partial charge >= 0.3 is 18.1 Å². The molecule has 0 atom stereocenters. The Balaban J connectivity index is 0.000000225. The number of nitrogens with one attached hydrogen (secondary N) is 3. The van der Waals surface area contributed by atoms with Crippen LogP contribution in [0.3, 0.4) is 0 Å². The fourth-order valence-electron chi connectivity index (χ4n) is 13.7. The van der Waals surface area contributed by atoms with Gasteiger partial charge in [-0.15, -0.1) is 11.8 Å². The number of aryl methyl sites for hydroxylation is 1. The van der Waals surface area contributed by atoms with E-state index in [-0.39, 0.29) is 74.9 Å². The minimum atomic E-state index is -1.18. The van der Waals surface area contributed by atoms with Crippen LogP contribution in [0.5, 0.6) is 23.0 Å². The highest BCUT2D eigenvalue weighted by Crippen LogP contribution is 2.44. The molecule has 25 heteroatoms. The Bertz CT molecular complexity index is 5250. The number of nitro benzene ring substituents is 1. The van der Waals surface area contributed by atoms with Crippen molar-refractivity contribution in [2.24, 2.45) is 0 Å². The molecule has 9 amide bonds. The molecule has 10 aromatic rings. The molecular formula is C92H102N8O16S. The molecule has 0 unspecified atom stereocenters. The van der Waals surface area contributed by atoms with Gasteiger partial charge < -0.3 is 46.0 Å². The lowest BCUT2D eigenvalue weighted by Crippen LogP contribution is -2.46. The number of rotatable bonds is 34. The second-order valence-electron chi connectivity index (χ2n) is 28.5. The van der Waals surface area contributed by atoms with Crippen LogP contribution in [0.2, 0.25) is 0 Å². The Morgan fingerprint density at radius 3 is 1.62 bits per heavy atom. The normalized spacial score (nSPS) is 11.4. The number of carbonyl (C=O) groups excluding carboxylic acids is 8. The molecule has 1 aliphatic heterocycles. The number of imide groups is 3. The summed E-state index contributed by atoms with van der Waals surface area (Å²) in [5.41, 5.74) is 4.16. The van der Waals surface area contributed by atoms with Crippen molar-refractivity contribution in [3.05, 3.63) is 225 Å². The number of fused-ring (bicyclic) bond motifs is 4. The zero-order valence-corrected chi connectivity index (χ0v) is 68.0. The number of hydrogen-bond donors (Lipinski definition) is 7. The molecule has 0 radical (unpaired) electrons. The smallest absolute Gasteiger partial charge is 0.419 e. The van der Waals surface area contributed by atoms with E-state index in [1.54, 1.807) is 102 Å². The summed E-state index contributed by atoms with van der Waals surface area (Å²) in [6, 6.07) is 48.5. The zero-order valence-electron chi connectivity index (χ0n) is 67.2. The Labute approximate surface area is 685 Å². The number of thioether (sulfide) groups is 1. The van der Waals surface area contributed by atoms with Crippen molar-refractivity contribution in [2.75, 3.05) is 56.0 Å². The highest BCUT2D eigenvalue weighted by molar-refractivity contribution is 7.99. The van der Waals surface area contributed by atoms with Gasteiger partial charge in [-0.05, 0) is 135 Å². The van der Waals surface area contributed by atoms with E-state index >= 15 is 0 Å². The number of carboxylic acids is 1. The molecule has 11 rings (SSSR count). The molecular weight excluding hydrogens is 1510 g/mol. The van der Waals surface area contributed by atoms with E-state index in [9.17, 15) is 68.6 Å². The molecule has 0 saturated heterocycles. The van der Waals surface area contributed by atoms with E-state index in [1.165, 1.54) is 122 Å². The van der Waals surface area contributed by atoms with Crippen molar-refractivity contribution < 1.29 is 73.2 Å². The zero-order chi connectivity index (χ0) is 84.2. The first-order chi connectivity index (χ1) is 56.5. The lowest BCUT2D eigenvalue weighted by molar-refractivity contribution is -0.384. The van der Waals surface area contributed by atoms with Gasteiger partial charge in [0.05, 0.1) is 44.2 Å². The molecule has 1 heterocycles. The number of urea groups is 1. The fraction of sp³-hybridized carbons (Fsp3) is 0.315. The number of amides is 9. The van der Waals surface area contributed by atoms with Crippen LogP contribution in [0, 0.1) is 17.0 Å². The first-order valence-electron chi connectivity index (χ1n) is 40.0. The number of anilines is 6. The average Bonchev–Trinajstić information content (AvgIpc) is 1.74. The molecule has 0 bridgehead atoms. The van der Waals surface area contributed by atoms with Crippen LogP contribution < -0.4 is 35.4 Å². The first kappa shape index (κ1) is 88.3. The van der Waals surface area contributed by atoms with Crippen molar-refractivity contribution in [2.45, 2.75) is 169 Å². The van der Waals surface area contributed by atoms with Gasteiger partial charge in [0.1, 0.15) is 28.6 Å². The number of nitrogens with zero attached hydrogens (tertiary/aromatic N) is 5. The Morgan fingerprint density at radius 1 is 0.479 bits per heavy atom. The number of aromatic hydroxyl groups is 3. The number of non-ortho nitro benzene ring substituents is 1. The molecule has 0 aromatic heterocycles. The quantitative estimate of drug-likeness (QED) is 0.00648. The highest BCUT2D eigenvalue weighted by Gasteiger charge is 2.43. The lowest BCUT2D eigenvalue weighted by atomic mass is 10.0. The molecule has 0 aliphatic carbocycles. The second kappa shape index (κ2) is 43.2. The number of carboxylic acid groups (broad SMARTS) is 1. The summed E-state index contributed by atoms with van der Waals surface area (Å²) < 4.78 is 5.52. The van der Waals surface area contributed by atoms with E-state index in [1.807, 2.05) is 64.1 Å². The van der Waals surface area contributed by atoms with Gasteiger partial charge in [0.25, 0.3) is 29.3 Å². The van der Waals surface area contributed by atoms with E-state index < -0.39 is 46.6 Å². The van der Waals surface area contributed by atoms with Crippen LogP contribution in [0.25, 0.3) is 32.3 Å². The third-order valence-electron chi connectivity index (χ3n) is 20.0. The van der Waals surface area contributed by atoms with E-state index in [0.29, 0.717) is 109 Å². The first-order valence-corrected chi connectivity index (χ1v) is 41.0. The van der Waals surface area contributed by atoms with E-state index in [4.69, 9.17) is 9.84 Å². The van der Waals surface area contributed by atoms with Gasteiger partial charge in [0.2, 0.25) is 11.8 Å². The van der Waals surface area contributed by atoms with Crippen molar-refractivity contribution >= 4 is 137 Å². The Morgan fingerprint density at radius 2 is 1.02 bits per heavy atom. The molecule has 0 spiro atoms. The van der Waals surface area contributed by atoms with Crippen molar-refractivity contribution in [3.8, 4) is 23.0 Å². The average molecular weight is 1610 g/mol. The number of carbonyl (C=O) groups is 9. The summed E-state index contributed by atoms with van der Waals surface area (Å²) in [6.45, 7) is 14.7. The molecule has 612 valence electrons. The van der Waals surface area contributed by atoms with Crippen molar-refractivity contribution in [3.63, 3.8) is 0 Å². The largest absolute Gasteiger partial charge is 0.506 e. The van der Waals surface area contributed by atoms with Gasteiger partial charge in [-0.2, -0.15) is 4.90 Å². The fourth-order valence-corrected chi connectivity index (χ4v) is 14.9. The van der Waals surface area contributed by atoms with E-state index in [0.717, 1.165) is 62.7 Å². The summed E-state index contributed by atoms with van der Waals surface area (Å²) in [5.74, 6) is -3.70. The maximum absolute atomic E-state index is 14.6. The predicted molar refractivity (Wildman–Crippen MR) is 462 cm³/mol. The van der Waals surface area contributed by atoms with Crippen LogP contribution in [0.15, 0.2) is 187 Å². The Hall–Kier alpha value is -12.6. The molecule has 7 N–H and O–H groups in total. The number of ether oxygens (including phenoxy) is 1. The second-order valence-corrected chi connectivity index (χ2v) is 29.6. The molecule has 24 nitrogen and oxygen atoms in total. The third kappa shape index (κ3) is 22.5. The van der Waals surface area contributed by atoms with Crippen LogP contribution in [-0.2, 0) is 9.59 Å². The van der Waals surface area contributed by atoms with Crippen LogP contribution >= 0.6 is 11.8 Å². The molecule has 0 fully saturated rings.